The van der Waals surface area contributed by atoms with E-state index in [0.29, 0.717) is 53.2 Å². The third kappa shape index (κ3) is 7.45. The van der Waals surface area contributed by atoms with E-state index in [1.165, 1.54) is 7.05 Å². The number of rotatable bonds is 7. The van der Waals surface area contributed by atoms with Crippen LogP contribution in [0.25, 0.3) is 11.4 Å². The van der Waals surface area contributed by atoms with Gasteiger partial charge >= 0.3 is 6.09 Å². The lowest BCUT2D eigenvalue weighted by Gasteiger charge is -2.37. The van der Waals surface area contributed by atoms with Crippen molar-refractivity contribution in [3.63, 3.8) is 0 Å². The summed E-state index contributed by atoms with van der Waals surface area (Å²) in [6, 6.07) is 10.8. The van der Waals surface area contributed by atoms with Crippen LogP contribution in [0.2, 0.25) is 0 Å². The number of benzene rings is 1. The van der Waals surface area contributed by atoms with Crippen LogP contribution in [0.15, 0.2) is 48.9 Å². The highest BCUT2D eigenvalue weighted by atomic mass is 16.6. The summed E-state index contributed by atoms with van der Waals surface area (Å²) in [5, 5.41) is 21.7. The van der Waals surface area contributed by atoms with Crippen molar-refractivity contribution in [1.82, 2.24) is 40.2 Å². The lowest BCUT2D eigenvalue weighted by atomic mass is 10.0. The fourth-order valence-corrected chi connectivity index (χ4v) is 4.38. The number of pyridine rings is 1. The smallest absolute Gasteiger partial charge is 0.410 e. The molecule has 4 heterocycles. The van der Waals surface area contributed by atoms with Crippen LogP contribution >= 0.6 is 0 Å². The molecular formula is C31H34N10O4. The Morgan fingerprint density at radius 1 is 1.02 bits per heavy atom. The van der Waals surface area contributed by atoms with E-state index in [1.54, 1.807) is 48.4 Å². The second kappa shape index (κ2) is 12.9. The number of para-hydroxylation sites is 1. The third-order valence-electron chi connectivity index (χ3n) is 6.54. The minimum Gasteiger partial charge on any atom is -0.494 e. The van der Waals surface area contributed by atoms with Crippen LogP contribution in [0.4, 0.5) is 27.8 Å². The number of amides is 2. The molecule has 0 unspecified atom stereocenters. The molecule has 1 aliphatic rings. The number of methoxy groups -OCH3 is 1. The normalized spacial score (nSPS) is 12.8. The second-order valence-corrected chi connectivity index (χ2v) is 11.2. The van der Waals surface area contributed by atoms with Crippen LogP contribution in [0.5, 0.6) is 5.75 Å². The van der Waals surface area contributed by atoms with E-state index in [1.807, 2.05) is 45.0 Å². The lowest BCUT2D eigenvalue weighted by molar-refractivity contribution is 0.00591. The molecule has 0 radical (unpaired) electrons. The second-order valence-electron chi connectivity index (χ2n) is 11.2. The lowest BCUT2D eigenvalue weighted by Crippen LogP contribution is -2.51. The Bertz CT molecular complexity index is 1760. The van der Waals surface area contributed by atoms with Crippen molar-refractivity contribution >= 4 is 35.0 Å². The standard InChI is InChI=1S/C31H34N10O4/c1-31(2,3)45-30(43)41-16-20(17-41)11-10-19-12-13-24(33-15-19)36-25-14-23(26(38-37-25)29(42)32-4)35-22-9-7-8-21(27(22)44-6)28-34-18-40(5)39-28/h7-9,12-15,18,20H,16-17H2,1-6H3,(H,32,42)(H2,33,35,36,37). The van der Waals surface area contributed by atoms with E-state index >= 15 is 0 Å². The number of hydrogen-bond acceptors (Lipinski definition) is 11. The predicted octanol–water partition coefficient (Wildman–Crippen LogP) is 3.74. The molecule has 1 aliphatic heterocycles. The molecule has 0 bridgehead atoms. The molecule has 0 saturated carbocycles. The molecule has 14 heteroatoms. The highest BCUT2D eigenvalue weighted by Crippen LogP contribution is 2.37. The van der Waals surface area contributed by atoms with E-state index < -0.39 is 11.5 Å². The molecule has 0 atom stereocenters. The van der Waals surface area contributed by atoms with E-state index in [9.17, 15) is 9.59 Å². The van der Waals surface area contributed by atoms with Gasteiger partial charge in [0.15, 0.2) is 23.1 Å². The van der Waals surface area contributed by atoms with E-state index in [-0.39, 0.29) is 17.7 Å². The number of aromatic nitrogens is 6. The fraction of sp³-hybridized carbons (Fsp3) is 0.323. The van der Waals surface area contributed by atoms with Gasteiger partial charge in [-0.3, -0.25) is 9.48 Å². The number of nitrogens with zero attached hydrogens (tertiary/aromatic N) is 7. The van der Waals surface area contributed by atoms with Crippen molar-refractivity contribution in [3.8, 4) is 29.0 Å². The summed E-state index contributed by atoms with van der Waals surface area (Å²) in [6.45, 7) is 6.60. The zero-order valence-corrected chi connectivity index (χ0v) is 25.9. The van der Waals surface area contributed by atoms with E-state index in [2.05, 4.69) is 53.1 Å². The molecule has 3 N–H and O–H groups in total. The van der Waals surface area contributed by atoms with Gasteiger partial charge in [0.05, 0.1) is 30.0 Å². The van der Waals surface area contributed by atoms with Gasteiger partial charge in [0.2, 0.25) is 0 Å². The van der Waals surface area contributed by atoms with E-state index in [0.717, 1.165) is 5.56 Å². The molecule has 2 amide bonds. The predicted molar refractivity (Wildman–Crippen MR) is 167 cm³/mol. The SMILES string of the molecule is CNC(=O)c1nnc(Nc2ccc(C#CC3CN(C(=O)OC(C)(C)C)C3)cn2)cc1Nc1cccc(-c2ncn(C)n2)c1OC. The van der Waals surface area contributed by atoms with Gasteiger partial charge in [-0.05, 0) is 45.0 Å². The summed E-state index contributed by atoms with van der Waals surface area (Å²) >= 11 is 0. The van der Waals surface area contributed by atoms with Crippen molar-refractivity contribution in [2.75, 3.05) is 37.9 Å². The zero-order chi connectivity index (χ0) is 32.1. The topological polar surface area (TPSA) is 161 Å². The molecule has 232 valence electrons. The van der Waals surface area contributed by atoms with Crippen LogP contribution in [0.3, 0.4) is 0 Å². The van der Waals surface area contributed by atoms with Gasteiger partial charge < -0.3 is 30.3 Å². The summed E-state index contributed by atoms with van der Waals surface area (Å²) < 4.78 is 12.7. The number of hydrogen-bond donors (Lipinski definition) is 3. The summed E-state index contributed by atoms with van der Waals surface area (Å²) in [7, 11) is 4.85. The van der Waals surface area contributed by atoms with Gasteiger partial charge in [-0.1, -0.05) is 17.9 Å². The van der Waals surface area contributed by atoms with Crippen LogP contribution in [-0.2, 0) is 11.8 Å². The highest BCUT2D eigenvalue weighted by molar-refractivity contribution is 5.99. The average molecular weight is 611 g/mol. The maximum atomic E-state index is 12.6. The van der Waals surface area contributed by atoms with Gasteiger partial charge in [0, 0.05) is 45.0 Å². The number of anilines is 4. The average Bonchev–Trinajstić information content (AvgIpc) is 3.42. The summed E-state index contributed by atoms with van der Waals surface area (Å²) in [5.41, 5.74) is 1.94. The van der Waals surface area contributed by atoms with Crippen molar-refractivity contribution in [2.24, 2.45) is 13.0 Å². The van der Waals surface area contributed by atoms with Crippen LogP contribution in [0, 0.1) is 17.8 Å². The minimum atomic E-state index is -0.525. The molecule has 45 heavy (non-hydrogen) atoms. The Kier molecular flexibility index (Phi) is 8.80. The Balaban J connectivity index is 1.29. The number of aryl methyl sites for hydroxylation is 1. The summed E-state index contributed by atoms with van der Waals surface area (Å²) in [6.07, 6.45) is 2.93. The molecule has 14 nitrogen and oxygen atoms in total. The number of nitrogens with one attached hydrogen (secondary N) is 3. The first-order valence-corrected chi connectivity index (χ1v) is 14.2. The third-order valence-corrected chi connectivity index (χ3v) is 6.54. The monoisotopic (exact) mass is 610 g/mol. The van der Waals surface area contributed by atoms with Crippen LogP contribution in [-0.4, -0.2) is 79.7 Å². The summed E-state index contributed by atoms with van der Waals surface area (Å²) in [5.74, 6) is 7.81. The van der Waals surface area contributed by atoms with Crippen LogP contribution in [0.1, 0.15) is 36.8 Å². The van der Waals surface area contributed by atoms with Crippen LogP contribution < -0.4 is 20.7 Å². The molecule has 4 aromatic rings. The quantitative estimate of drug-likeness (QED) is 0.261. The first kappa shape index (κ1) is 30.7. The Morgan fingerprint density at radius 2 is 1.82 bits per heavy atom. The van der Waals surface area contributed by atoms with Gasteiger partial charge in [-0.2, -0.15) is 5.10 Å². The maximum Gasteiger partial charge on any atom is 0.410 e. The number of carbonyl (C=O) groups excluding carboxylic acids is 2. The first-order chi connectivity index (χ1) is 21.5. The molecule has 0 aliphatic carbocycles. The molecule has 0 spiro atoms. The zero-order valence-electron chi connectivity index (χ0n) is 25.9. The van der Waals surface area contributed by atoms with Crippen molar-refractivity contribution in [1.29, 1.82) is 0 Å². The van der Waals surface area contributed by atoms with Gasteiger partial charge in [0.25, 0.3) is 5.91 Å². The fourth-order valence-electron chi connectivity index (χ4n) is 4.38. The molecule has 1 fully saturated rings. The number of carbonyl (C=O) groups is 2. The first-order valence-electron chi connectivity index (χ1n) is 14.2. The van der Waals surface area contributed by atoms with Gasteiger partial charge in [-0.15, -0.1) is 10.2 Å². The molecular weight excluding hydrogens is 576 g/mol. The maximum absolute atomic E-state index is 12.6. The minimum absolute atomic E-state index is 0.0786. The van der Waals surface area contributed by atoms with Crippen molar-refractivity contribution in [3.05, 3.63) is 60.2 Å². The molecule has 3 aromatic heterocycles. The number of ether oxygens (including phenoxy) is 2. The van der Waals surface area contributed by atoms with Gasteiger partial charge in [-0.25, -0.2) is 14.8 Å². The van der Waals surface area contributed by atoms with Gasteiger partial charge in [0.1, 0.15) is 17.7 Å². The van der Waals surface area contributed by atoms with Crippen molar-refractivity contribution in [2.45, 2.75) is 26.4 Å². The number of likely N-dealkylation sites (tertiary alicyclic amines) is 1. The molecule has 1 aromatic carbocycles. The van der Waals surface area contributed by atoms with Crippen molar-refractivity contribution < 1.29 is 19.1 Å². The Labute approximate surface area is 260 Å². The Hall–Kier alpha value is -5.71. The molecule has 1 saturated heterocycles. The largest absolute Gasteiger partial charge is 0.494 e. The highest BCUT2D eigenvalue weighted by Gasteiger charge is 2.32. The Morgan fingerprint density at radius 3 is 2.47 bits per heavy atom. The molecule has 5 rings (SSSR count). The summed E-state index contributed by atoms with van der Waals surface area (Å²) in [4.78, 5) is 35.2. The van der Waals surface area contributed by atoms with E-state index in [4.69, 9.17) is 9.47 Å².